The number of aryl methyl sites for hydroxylation is 1. The molecule has 0 amide bonds. The van der Waals surface area contributed by atoms with Gasteiger partial charge >= 0.3 is 0 Å². The predicted molar refractivity (Wildman–Crippen MR) is 48.5 cm³/mol. The van der Waals surface area contributed by atoms with Crippen LogP contribution in [-0.4, -0.2) is 5.76 Å². The van der Waals surface area contributed by atoms with Crippen LogP contribution in [0.5, 0.6) is 0 Å². The van der Waals surface area contributed by atoms with Gasteiger partial charge in [0, 0.05) is 5.75 Å². The lowest BCUT2D eigenvalue weighted by Crippen LogP contribution is -1.86. The van der Waals surface area contributed by atoms with Crippen molar-refractivity contribution in [2.45, 2.75) is 18.4 Å². The minimum absolute atomic E-state index is 0.388. The van der Waals surface area contributed by atoms with Gasteiger partial charge in [-0.15, -0.1) is 0 Å². The molecule has 0 aliphatic rings. The third kappa shape index (κ3) is 3.22. The third-order valence-corrected chi connectivity index (χ3v) is 2.21. The van der Waals surface area contributed by atoms with Crippen LogP contribution in [-0.2, 0) is 5.75 Å². The van der Waals surface area contributed by atoms with Crippen LogP contribution >= 0.6 is 11.8 Å². The van der Waals surface area contributed by atoms with Crippen LogP contribution in [0.1, 0.15) is 11.1 Å². The molecule has 0 fully saturated rings. The van der Waals surface area contributed by atoms with Crippen molar-refractivity contribution in [1.29, 1.82) is 0 Å². The summed E-state index contributed by atoms with van der Waals surface area (Å²) in [4.78, 5) is 0. The molecule has 3 heteroatoms. The molecule has 0 heterocycles. The Hall–Kier alpha value is -0.570. The van der Waals surface area contributed by atoms with Crippen molar-refractivity contribution in [2.24, 2.45) is 0 Å². The Labute approximate surface area is 75.0 Å². The van der Waals surface area contributed by atoms with Crippen LogP contribution in [0.15, 0.2) is 24.3 Å². The second-order valence-electron chi connectivity index (χ2n) is 2.56. The number of benzene rings is 1. The highest BCUT2D eigenvalue weighted by Gasteiger charge is 2.02. The van der Waals surface area contributed by atoms with Gasteiger partial charge < -0.3 is 0 Å². The highest BCUT2D eigenvalue weighted by atomic mass is 32.2. The first-order valence-corrected chi connectivity index (χ1v) is 4.68. The maximum atomic E-state index is 11.8. The molecular formula is C9H10F2S. The summed E-state index contributed by atoms with van der Waals surface area (Å²) in [5.74, 6) is -1.88. The second kappa shape index (κ2) is 4.45. The Morgan fingerprint density at radius 1 is 1.42 bits per heavy atom. The first kappa shape index (κ1) is 9.52. The number of halogens is 2. The molecular weight excluding hydrogens is 178 g/mol. The van der Waals surface area contributed by atoms with Gasteiger partial charge in [-0.3, -0.25) is 0 Å². The number of hydrogen-bond acceptors (Lipinski definition) is 1. The summed E-state index contributed by atoms with van der Waals surface area (Å²) in [6, 6.07) is 7.63. The van der Waals surface area contributed by atoms with E-state index < -0.39 is 5.76 Å². The molecule has 0 unspecified atom stereocenters. The topological polar surface area (TPSA) is 0 Å². The number of alkyl halides is 2. The van der Waals surface area contributed by atoms with Crippen molar-refractivity contribution in [3.05, 3.63) is 35.4 Å². The molecule has 0 atom stereocenters. The predicted octanol–water partition coefficient (Wildman–Crippen LogP) is 3.45. The molecule has 0 aliphatic carbocycles. The van der Waals surface area contributed by atoms with Gasteiger partial charge in [0.25, 0.3) is 5.76 Å². The summed E-state index contributed by atoms with van der Waals surface area (Å²) in [7, 11) is 0. The molecule has 1 rings (SSSR count). The number of rotatable bonds is 3. The van der Waals surface area contributed by atoms with E-state index in [2.05, 4.69) is 0 Å². The summed E-state index contributed by atoms with van der Waals surface area (Å²) in [5, 5.41) is 0. The standard InChI is InChI=1S/C9H10F2S/c1-7-3-2-4-8(5-7)6-12-9(10)11/h2-5,9H,6H2,1H3. The second-order valence-corrected chi connectivity index (χ2v) is 3.54. The third-order valence-electron chi connectivity index (χ3n) is 1.46. The fourth-order valence-corrected chi connectivity index (χ4v) is 1.46. The maximum absolute atomic E-state index is 11.8. The van der Waals surface area contributed by atoms with Gasteiger partial charge in [-0.05, 0) is 12.5 Å². The minimum atomic E-state index is -2.27. The fraction of sp³-hybridized carbons (Fsp3) is 0.333. The van der Waals surface area contributed by atoms with Crippen molar-refractivity contribution < 1.29 is 8.78 Å². The molecule has 0 aromatic heterocycles. The van der Waals surface area contributed by atoms with Gasteiger partial charge in [-0.25, -0.2) is 0 Å². The van der Waals surface area contributed by atoms with Gasteiger partial charge in [0.1, 0.15) is 0 Å². The van der Waals surface area contributed by atoms with Crippen molar-refractivity contribution in [2.75, 3.05) is 0 Å². The molecule has 0 aliphatic heterocycles. The molecule has 0 N–H and O–H groups in total. The van der Waals surface area contributed by atoms with Crippen LogP contribution in [0.2, 0.25) is 0 Å². The van der Waals surface area contributed by atoms with E-state index >= 15 is 0 Å². The highest BCUT2D eigenvalue weighted by molar-refractivity contribution is 7.98. The summed E-state index contributed by atoms with van der Waals surface area (Å²) < 4.78 is 23.6. The zero-order chi connectivity index (χ0) is 8.97. The molecule has 1 aromatic carbocycles. The van der Waals surface area contributed by atoms with Gasteiger partial charge in [-0.1, -0.05) is 41.6 Å². The molecule has 0 nitrogen and oxygen atoms in total. The van der Waals surface area contributed by atoms with E-state index in [9.17, 15) is 8.78 Å². The molecule has 12 heavy (non-hydrogen) atoms. The zero-order valence-electron chi connectivity index (χ0n) is 6.76. The molecule has 1 aromatic rings. The Morgan fingerprint density at radius 2 is 2.17 bits per heavy atom. The lowest BCUT2D eigenvalue weighted by molar-refractivity contribution is 0.252. The van der Waals surface area contributed by atoms with E-state index in [1.807, 2.05) is 31.2 Å². The lowest BCUT2D eigenvalue weighted by Gasteiger charge is -2.00. The monoisotopic (exact) mass is 188 g/mol. The zero-order valence-corrected chi connectivity index (χ0v) is 7.57. The van der Waals surface area contributed by atoms with Crippen molar-refractivity contribution >= 4 is 11.8 Å². The summed E-state index contributed by atoms with van der Waals surface area (Å²) in [6.45, 7) is 1.95. The first-order valence-electron chi connectivity index (χ1n) is 3.64. The van der Waals surface area contributed by atoms with E-state index in [0.717, 1.165) is 11.1 Å². The number of hydrogen-bond donors (Lipinski definition) is 0. The first-order chi connectivity index (χ1) is 5.68. The van der Waals surface area contributed by atoms with Crippen LogP contribution in [0.4, 0.5) is 8.78 Å². The van der Waals surface area contributed by atoms with Gasteiger partial charge in [-0.2, -0.15) is 8.78 Å². The Bertz CT molecular complexity index is 248. The lowest BCUT2D eigenvalue weighted by atomic mass is 10.2. The average molecular weight is 188 g/mol. The van der Waals surface area contributed by atoms with Crippen LogP contribution in [0, 0.1) is 6.92 Å². The highest BCUT2D eigenvalue weighted by Crippen LogP contribution is 2.19. The summed E-state index contributed by atoms with van der Waals surface area (Å²) in [6.07, 6.45) is 0. The fourth-order valence-electron chi connectivity index (χ4n) is 0.961. The van der Waals surface area contributed by atoms with Gasteiger partial charge in [0.15, 0.2) is 0 Å². The van der Waals surface area contributed by atoms with Crippen molar-refractivity contribution in [3.63, 3.8) is 0 Å². The normalized spacial score (nSPS) is 10.7. The van der Waals surface area contributed by atoms with E-state index in [0.29, 0.717) is 17.5 Å². The Balaban J connectivity index is 2.52. The van der Waals surface area contributed by atoms with E-state index in [-0.39, 0.29) is 0 Å². The molecule has 0 bridgehead atoms. The van der Waals surface area contributed by atoms with Gasteiger partial charge in [0.2, 0.25) is 0 Å². The average Bonchev–Trinajstić information content (AvgIpc) is 2.01. The molecule has 0 radical (unpaired) electrons. The van der Waals surface area contributed by atoms with Gasteiger partial charge in [0.05, 0.1) is 0 Å². The Kier molecular flexibility index (Phi) is 3.53. The minimum Gasteiger partial charge on any atom is -0.198 e. The molecule has 0 saturated carbocycles. The molecule has 0 spiro atoms. The van der Waals surface area contributed by atoms with Crippen LogP contribution < -0.4 is 0 Å². The van der Waals surface area contributed by atoms with E-state index in [1.165, 1.54) is 0 Å². The summed E-state index contributed by atoms with van der Waals surface area (Å²) >= 11 is 0.660. The molecule has 66 valence electrons. The Morgan fingerprint density at radius 3 is 2.75 bits per heavy atom. The maximum Gasteiger partial charge on any atom is 0.284 e. The van der Waals surface area contributed by atoms with E-state index in [1.54, 1.807) is 0 Å². The quantitative estimate of drug-likeness (QED) is 0.700. The smallest absolute Gasteiger partial charge is 0.198 e. The van der Waals surface area contributed by atoms with Crippen LogP contribution in [0.3, 0.4) is 0 Å². The van der Waals surface area contributed by atoms with E-state index in [4.69, 9.17) is 0 Å². The number of thioether (sulfide) groups is 1. The van der Waals surface area contributed by atoms with Crippen molar-refractivity contribution in [1.82, 2.24) is 0 Å². The summed E-state index contributed by atoms with van der Waals surface area (Å²) in [5.41, 5.74) is 2.07. The van der Waals surface area contributed by atoms with Crippen molar-refractivity contribution in [3.8, 4) is 0 Å². The molecule has 0 saturated heterocycles. The van der Waals surface area contributed by atoms with Crippen LogP contribution in [0.25, 0.3) is 0 Å². The SMILES string of the molecule is Cc1cccc(CSC(F)F)c1. The largest absolute Gasteiger partial charge is 0.284 e.